The molecule has 2 aromatic rings. The second-order valence-corrected chi connectivity index (χ2v) is 5.62. The van der Waals surface area contributed by atoms with Crippen molar-refractivity contribution >= 4 is 23.2 Å². The molecule has 0 aliphatic carbocycles. The van der Waals surface area contributed by atoms with Gasteiger partial charge in [0.15, 0.2) is 0 Å². The molecule has 0 spiro atoms. The Balaban J connectivity index is 2.07. The van der Waals surface area contributed by atoms with E-state index in [-0.39, 0.29) is 16.9 Å². The Labute approximate surface area is 128 Å². The van der Waals surface area contributed by atoms with E-state index in [4.69, 9.17) is 23.2 Å². The van der Waals surface area contributed by atoms with Gasteiger partial charge in [-0.15, -0.1) is 0 Å². The Kier molecular flexibility index (Phi) is 5.41. The zero-order chi connectivity index (χ0) is 14.5. The van der Waals surface area contributed by atoms with Crippen LogP contribution in [-0.4, -0.2) is 13.1 Å². The van der Waals surface area contributed by atoms with Gasteiger partial charge < -0.3 is 5.32 Å². The minimum Gasteiger partial charge on any atom is -0.316 e. The topological polar surface area (TPSA) is 12.0 Å². The van der Waals surface area contributed by atoms with Gasteiger partial charge in [0.1, 0.15) is 5.82 Å². The summed E-state index contributed by atoms with van der Waals surface area (Å²) in [5, 5.41) is 4.18. The van der Waals surface area contributed by atoms with E-state index >= 15 is 0 Å². The number of halogens is 3. The standard InChI is InChI=1S/C16H16Cl2FN/c1-20-14(8-11-3-2-4-13(17)7-11)9-12-5-6-16(19)15(18)10-12/h2-7,10,14,20H,8-9H2,1H3. The largest absolute Gasteiger partial charge is 0.316 e. The van der Waals surface area contributed by atoms with Crippen LogP contribution in [0.1, 0.15) is 11.1 Å². The number of benzene rings is 2. The average molecular weight is 312 g/mol. The van der Waals surface area contributed by atoms with Gasteiger partial charge in [-0.1, -0.05) is 41.4 Å². The molecule has 4 heteroatoms. The van der Waals surface area contributed by atoms with Gasteiger partial charge in [-0.05, 0) is 55.3 Å². The van der Waals surface area contributed by atoms with Gasteiger partial charge in [0, 0.05) is 11.1 Å². The maximum absolute atomic E-state index is 13.1. The quantitative estimate of drug-likeness (QED) is 0.857. The molecule has 0 saturated heterocycles. The number of likely N-dealkylation sites (N-methyl/N-ethyl adjacent to an activating group) is 1. The second kappa shape index (κ2) is 7.07. The lowest BCUT2D eigenvalue weighted by Crippen LogP contribution is -2.29. The highest BCUT2D eigenvalue weighted by Gasteiger charge is 2.10. The van der Waals surface area contributed by atoms with Gasteiger partial charge in [-0.2, -0.15) is 0 Å². The number of nitrogens with one attached hydrogen (secondary N) is 1. The van der Waals surface area contributed by atoms with Crippen LogP contribution in [0.2, 0.25) is 10.0 Å². The van der Waals surface area contributed by atoms with E-state index in [0.29, 0.717) is 0 Å². The van der Waals surface area contributed by atoms with Gasteiger partial charge >= 0.3 is 0 Å². The molecule has 0 bridgehead atoms. The van der Waals surface area contributed by atoms with Crippen LogP contribution < -0.4 is 5.32 Å². The first-order chi connectivity index (χ1) is 9.58. The third-order valence-electron chi connectivity index (χ3n) is 3.25. The molecule has 0 aromatic heterocycles. The molecule has 2 aromatic carbocycles. The van der Waals surface area contributed by atoms with Crippen molar-refractivity contribution in [3.05, 3.63) is 69.5 Å². The van der Waals surface area contributed by atoms with Crippen LogP contribution in [0.15, 0.2) is 42.5 Å². The van der Waals surface area contributed by atoms with Gasteiger partial charge in [-0.3, -0.25) is 0 Å². The third kappa shape index (κ3) is 4.20. The number of hydrogen-bond acceptors (Lipinski definition) is 1. The molecule has 0 fully saturated rings. The minimum absolute atomic E-state index is 0.167. The first-order valence-corrected chi connectivity index (χ1v) is 7.19. The molecule has 1 atom stereocenters. The van der Waals surface area contributed by atoms with Crippen LogP contribution in [0.5, 0.6) is 0 Å². The summed E-state index contributed by atoms with van der Waals surface area (Å²) in [5.74, 6) is -0.383. The van der Waals surface area contributed by atoms with Crippen LogP contribution in [-0.2, 0) is 12.8 Å². The van der Waals surface area contributed by atoms with Gasteiger partial charge in [0.25, 0.3) is 0 Å². The Morgan fingerprint density at radius 2 is 1.75 bits per heavy atom. The second-order valence-electron chi connectivity index (χ2n) is 4.77. The molecule has 0 radical (unpaired) electrons. The minimum atomic E-state index is -0.383. The van der Waals surface area contributed by atoms with Crippen LogP contribution >= 0.6 is 23.2 Å². The fraction of sp³-hybridized carbons (Fsp3) is 0.250. The van der Waals surface area contributed by atoms with E-state index in [1.165, 1.54) is 11.6 Å². The predicted molar refractivity (Wildman–Crippen MR) is 83.1 cm³/mol. The molecule has 0 aliphatic rings. The summed E-state index contributed by atoms with van der Waals surface area (Å²) < 4.78 is 13.1. The number of rotatable bonds is 5. The van der Waals surface area contributed by atoms with E-state index in [1.54, 1.807) is 12.1 Å². The van der Waals surface area contributed by atoms with E-state index in [1.807, 2.05) is 31.3 Å². The third-order valence-corrected chi connectivity index (χ3v) is 3.77. The molecule has 2 rings (SSSR count). The van der Waals surface area contributed by atoms with Crippen LogP contribution in [0.4, 0.5) is 4.39 Å². The Bertz CT molecular complexity index is 586. The van der Waals surface area contributed by atoms with Crippen molar-refractivity contribution in [1.29, 1.82) is 0 Å². The Morgan fingerprint density at radius 1 is 1.05 bits per heavy atom. The first-order valence-electron chi connectivity index (χ1n) is 6.44. The molecule has 20 heavy (non-hydrogen) atoms. The van der Waals surface area contributed by atoms with Crippen molar-refractivity contribution in [2.75, 3.05) is 7.05 Å². The van der Waals surface area contributed by atoms with Crippen molar-refractivity contribution < 1.29 is 4.39 Å². The van der Waals surface area contributed by atoms with E-state index in [9.17, 15) is 4.39 Å². The zero-order valence-electron chi connectivity index (χ0n) is 11.2. The summed E-state index contributed by atoms with van der Waals surface area (Å²) in [6, 6.07) is 12.9. The molecule has 1 nitrogen and oxygen atoms in total. The zero-order valence-corrected chi connectivity index (χ0v) is 12.7. The SMILES string of the molecule is CNC(Cc1cccc(Cl)c1)Cc1ccc(F)c(Cl)c1. The van der Waals surface area contributed by atoms with Crippen LogP contribution in [0.25, 0.3) is 0 Å². The molecule has 0 saturated carbocycles. The van der Waals surface area contributed by atoms with Gasteiger partial charge in [0.05, 0.1) is 5.02 Å². The summed E-state index contributed by atoms with van der Waals surface area (Å²) in [7, 11) is 1.92. The highest BCUT2D eigenvalue weighted by molar-refractivity contribution is 6.31. The lowest BCUT2D eigenvalue weighted by Gasteiger charge is -2.17. The maximum atomic E-state index is 13.1. The Morgan fingerprint density at radius 3 is 2.35 bits per heavy atom. The van der Waals surface area contributed by atoms with E-state index in [0.717, 1.165) is 23.4 Å². The maximum Gasteiger partial charge on any atom is 0.141 e. The fourth-order valence-electron chi connectivity index (χ4n) is 2.18. The molecular formula is C16H16Cl2FN. The summed E-state index contributed by atoms with van der Waals surface area (Å²) in [4.78, 5) is 0. The van der Waals surface area contributed by atoms with Gasteiger partial charge in [0.2, 0.25) is 0 Å². The molecule has 1 unspecified atom stereocenters. The van der Waals surface area contributed by atoms with E-state index < -0.39 is 0 Å². The summed E-state index contributed by atoms with van der Waals surface area (Å²) in [5.41, 5.74) is 2.18. The monoisotopic (exact) mass is 311 g/mol. The summed E-state index contributed by atoms with van der Waals surface area (Å²) >= 11 is 11.8. The molecule has 1 N–H and O–H groups in total. The average Bonchev–Trinajstić information content (AvgIpc) is 2.42. The lowest BCUT2D eigenvalue weighted by molar-refractivity contribution is 0.555. The first kappa shape index (κ1) is 15.3. The normalized spacial score (nSPS) is 12.4. The van der Waals surface area contributed by atoms with Crippen LogP contribution in [0.3, 0.4) is 0 Å². The smallest absolute Gasteiger partial charge is 0.141 e. The predicted octanol–water partition coefficient (Wildman–Crippen LogP) is 4.51. The fourth-order valence-corrected chi connectivity index (χ4v) is 2.59. The molecule has 0 heterocycles. The summed E-state index contributed by atoms with van der Waals surface area (Å²) in [6.45, 7) is 0. The molecule has 106 valence electrons. The highest BCUT2D eigenvalue weighted by Crippen LogP contribution is 2.18. The Hall–Kier alpha value is -1.09. The van der Waals surface area contributed by atoms with Crippen molar-refractivity contribution in [3.63, 3.8) is 0 Å². The number of hydrogen-bond donors (Lipinski definition) is 1. The molecule has 0 aliphatic heterocycles. The molecular weight excluding hydrogens is 296 g/mol. The molecule has 0 amide bonds. The van der Waals surface area contributed by atoms with Gasteiger partial charge in [-0.25, -0.2) is 4.39 Å². The summed E-state index contributed by atoms with van der Waals surface area (Å²) in [6.07, 6.45) is 1.63. The van der Waals surface area contributed by atoms with Crippen molar-refractivity contribution in [2.45, 2.75) is 18.9 Å². The van der Waals surface area contributed by atoms with Crippen molar-refractivity contribution in [2.24, 2.45) is 0 Å². The van der Waals surface area contributed by atoms with Crippen LogP contribution in [0, 0.1) is 5.82 Å². The highest BCUT2D eigenvalue weighted by atomic mass is 35.5. The lowest BCUT2D eigenvalue weighted by atomic mass is 9.99. The van der Waals surface area contributed by atoms with Crippen molar-refractivity contribution in [3.8, 4) is 0 Å². The van der Waals surface area contributed by atoms with Crippen molar-refractivity contribution in [1.82, 2.24) is 5.32 Å². The van der Waals surface area contributed by atoms with E-state index in [2.05, 4.69) is 5.32 Å².